The highest BCUT2D eigenvalue weighted by molar-refractivity contribution is 5.94. The Balaban J connectivity index is 2.22. The zero-order chi connectivity index (χ0) is 19.1. The summed E-state index contributed by atoms with van der Waals surface area (Å²) in [5.74, 6) is 1.92. The van der Waals surface area contributed by atoms with Crippen molar-refractivity contribution in [2.75, 3.05) is 27.4 Å². The van der Waals surface area contributed by atoms with E-state index in [9.17, 15) is 4.79 Å². The summed E-state index contributed by atoms with van der Waals surface area (Å²) < 4.78 is 16.6. The Morgan fingerprint density at radius 2 is 1.62 bits per heavy atom. The first-order chi connectivity index (χ1) is 12.5. The third-order valence-corrected chi connectivity index (χ3v) is 3.98. The summed E-state index contributed by atoms with van der Waals surface area (Å²) >= 11 is 0. The fraction of sp³-hybridized carbons (Fsp3) is 0.381. The van der Waals surface area contributed by atoms with E-state index in [-0.39, 0.29) is 5.91 Å². The highest BCUT2D eigenvalue weighted by atomic mass is 16.5. The maximum atomic E-state index is 12.8. The standard InChI is InChI=1S/C21H27NO4/c1-6-25-19-11-9-16(13-20(19)26-7-2)21(23)22(4)14-17-12-15(3)8-10-18(17)24-5/h8-13H,6-7,14H2,1-5H3. The lowest BCUT2D eigenvalue weighted by Crippen LogP contribution is -2.26. The van der Waals surface area contributed by atoms with E-state index >= 15 is 0 Å². The van der Waals surface area contributed by atoms with Crippen LogP contribution in [0.5, 0.6) is 17.2 Å². The molecule has 0 aromatic heterocycles. The predicted octanol–water partition coefficient (Wildman–Crippen LogP) is 4.07. The molecule has 1 amide bonds. The molecule has 0 saturated carbocycles. The van der Waals surface area contributed by atoms with Gasteiger partial charge in [-0.1, -0.05) is 17.7 Å². The van der Waals surface area contributed by atoms with Crippen LogP contribution >= 0.6 is 0 Å². The summed E-state index contributed by atoms with van der Waals surface area (Å²) in [6.45, 7) is 7.35. The van der Waals surface area contributed by atoms with Gasteiger partial charge in [-0.15, -0.1) is 0 Å². The van der Waals surface area contributed by atoms with Crippen LogP contribution in [0, 0.1) is 6.92 Å². The lowest BCUT2D eigenvalue weighted by atomic mass is 10.1. The first-order valence-corrected chi connectivity index (χ1v) is 8.78. The molecule has 0 spiro atoms. The summed E-state index contributed by atoms with van der Waals surface area (Å²) in [6, 6.07) is 11.2. The van der Waals surface area contributed by atoms with Gasteiger partial charge in [-0.25, -0.2) is 0 Å². The first kappa shape index (κ1) is 19.6. The zero-order valence-corrected chi connectivity index (χ0v) is 16.2. The summed E-state index contributed by atoms with van der Waals surface area (Å²) in [5, 5.41) is 0. The molecule has 0 fully saturated rings. The van der Waals surface area contributed by atoms with Crippen LogP contribution in [-0.2, 0) is 6.54 Å². The van der Waals surface area contributed by atoms with Crippen LogP contribution in [-0.4, -0.2) is 38.2 Å². The normalized spacial score (nSPS) is 10.3. The quantitative estimate of drug-likeness (QED) is 0.714. The van der Waals surface area contributed by atoms with E-state index in [0.717, 1.165) is 16.9 Å². The number of ether oxygens (including phenoxy) is 3. The van der Waals surface area contributed by atoms with E-state index in [1.165, 1.54) is 0 Å². The molecule has 2 aromatic carbocycles. The number of nitrogens with zero attached hydrogens (tertiary/aromatic N) is 1. The van der Waals surface area contributed by atoms with Gasteiger partial charge in [-0.2, -0.15) is 0 Å². The van der Waals surface area contributed by atoms with Crippen molar-refractivity contribution >= 4 is 5.91 Å². The summed E-state index contributed by atoms with van der Waals surface area (Å²) in [5.41, 5.74) is 2.66. The average molecular weight is 357 g/mol. The minimum Gasteiger partial charge on any atom is -0.496 e. The van der Waals surface area contributed by atoms with Crippen LogP contribution < -0.4 is 14.2 Å². The van der Waals surface area contributed by atoms with Crippen LogP contribution in [0.25, 0.3) is 0 Å². The van der Waals surface area contributed by atoms with Crippen LogP contribution in [0.1, 0.15) is 35.3 Å². The molecule has 0 aliphatic rings. The fourth-order valence-electron chi connectivity index (χ4n) is 2.76. The minimum atomic E-state index is -0.0856. The molecule has 26 heavy (non-hydrogen) atoms. The maximum absolute atomic E-state index is 12.8. The smallest absolute Gasteiger partial charge is 0.254 e. The van der Waals surface area contributed by atoms with Crippen molar-refractivity contribution in [1.82, 2.24) is 4.90 Å². The van der Waals surface area contributed by atoms with Gasteiger partial charge in [0.1, 0.15) is 5.75 Å². The second-order valence-electron chi connectivity index (χ2n) is 6.00. The lowest BCUT2D eigenvalue weighted by Gasteiger charge is -2.20. The van der Waals surface area contributed by atoms with Gasteiger partial charge in [0.25, 0.3) is 5.91 Å². The van der Waals surface area contributed by atoms with Crippen molar-refractivity contribution in [3.8, 4) is 17.2 Å². The van der Waals surface area contributed by atoms with Crippen LogP contribution in [0.15, 0.2) is 36.4 Å². The zero-order valence-electron chi connectivity index (χ0n) is 16.2. The fourth-order valence-corrected chi connectivity index (χ4v) is 2.76. The Kier molecular flexibility index (Phi) is 6.89. The van der Waals surface area contributed by atoms with Gasteiger partial charge in [0.2, 0.25) is 0 Å². The molecule has 2 aromatic rings. The van der Waals surface area contributed by atoms with Gasteiger partial charge < -0.3 is 19.1 Å². The van der Waals surface area contributed by atoms with Crippen molar-refractivity contribution in [2.24, 2.45) is 0 Å². The SMILES string of the molecule is CCOc1ccc(C(=O)N(C)Cc2cc(C)ccc2OC)cc1OCC. The summed E-state index contributed by atoms with van der Waals surface area (Å²) in [7, 11) is 3.41. The van der Waals surface area contributed by atoms with E-state index in [2.05, 4.69) is 0 Å². The number of benzene rings is 2. The molecule has 0 aliphatic heterocycles. The molecule has 0 atom stereocenters. The topological polar surface area (TPSA) is 48.0 Å². The Morgan fingerprint density at radius 1 is 0.962 bits per heavy atom. The summed E-state index contributed by atoms with van der Waals surface area (Å²) in [6.07, 6.45) is 0. The molecular weight excluding hydrogens is 330 g/mol. The second kappa shape index (κ2) is 9.13. The molecule has 0 saturated heterocycles. The maximum Gasteiger partial charge on any atom is 0.254 e. The minimum absolute atomic E-state index is 0.0856. The van der Waals surface area contributed by atoms with Crippen molar-refractivity contribution < 1.29 is 19.0 Å². The number of amides is 1. The van der Waals surface area contributed by atoms with Gasteiger partial charge in [0, 0.05) is 24.7 Å². The van der Waals surface area contributed by atoms with Gasteiger partial charge in [-0.05, 0) is 45.0 Å². The number of rotatable bonds is 8. The van der Waals surface area contributed by atoms with Gasteiger partial charge in [0.05, 0.1) is 20.3 Å². The molecule has 140 valence electrons. The van der Waals surface area contributed by atoms with E-state index < -0.39 is 0 Å². The molecule has 0 aliphatic carbocycles. The van der Waals surface area contributed by atoms with E-state index in [1.807, 2.05) is 39.0 Å². The molecule has 0 heterocycles. The number of aryl methyl sites for hydroxylation is 1. The molecule has 0 unspecified atom stereocenters. The lowest BCUT2D eigenvalue weighted by molar-refractivity contribution is 0.0783. The number of carbonyl (C=O) groups is 1. The number of methoxy groups -OCH3 is 1. The largest absolute Gasteiger partial charge is 0.496 e. The molecular formula is C21H27NO4. The molecule has 5 nitrogen and oxygen atoms in total. The number of hydrogen-bond donors (Lipinski definition) is 0. The van der Waals surface area contributed by atoms with Crippen molar-refractivity contribution in [2.45, 2.75) is 27.3 Å². The van der Waals surface area contributed by atoms with E-state index in [0.29, 0.717) is 36.8 Å². The molecule has 5 heteroatoms. The van der Waals surface area contributed by atoms with Gasteiger partial charge in [0.15, 0.2) is 11.5 Å². The van der Waals surface area contributed by atoms with Crippen molar-refractivity contribution in [3.63, 3.8) is 0 Å². The Hall–Kier alpha value is -2.69. The first-order valence-electron chi connectivity index (χ1n) is 8.78. The molecule has 0 bridgehead atoms. The van der Waals surface area contributed by atoms with E-state index in [1.54, 1.807) is 37.3 Å². The second-order valence-corrected chi connectivity index (χ2v) is 6.00. The van der Waals surface area contributed by atoms with Crippen LogP contribution in [0.3, 0.4) is 0 Å². The van der Waals surface area contributed by atoms with Crippen molar-refractivity contribution in [1.29, 1.82) is 0 Å². The third-order valence-electron chi connectivity index (χ3n) is 3.98. The van der Waals surface area contributed by atoms with Crippen LogP contribution in [0.4, 0.5) is 0 Å². The Morgan fingerprint density at radius 3 is 2.27 bits per heavy atom. The van der Waals surface area contributed by atoms with Crippen LogP contribution in [0.2, 0.25) is 0 Å². The van der Waals surface area contributed by atoms with Gasteiger partial charge in [-0.3, -0.25) is 4.79 Å². The third kappa shape index (κ3) is 4.69. The monoisotopic (exact) mass is 357 g/mol. The average Bonchev–Trinajstić information content (AvgIpc) is 2.63. The Labute approximate surface area is 155 Å². The van der Waals surface area contributed by atoms with Crippen molar-refractivity contribution in [3.05, 3.63) is 53.1 Å². The highest BCUT2D eigenvalue weighted by Crippen LogP contribution is 2.29. The predicted molar refractivity (Wildman–Crippen MR) is 102 cm³/mol. The molecule has 0 N–H and O–H groups in total. The summed E-state index contributed by atoms with van der Waals surface area (Å²) in [4.78, 5) is 14.5. The molecule has 2 rings (SSSR count). The molecule has 0 radical (unpaired) electrons. The number of carbonyl (C=O) groups excluding carboxylic acids is 1. The van der Waals surface area contributed by atoms with Gasteiger partial charge >= 0.3 is 0 Å². The van der Waals surface area contributed by atoms with E-state index in [4.69, 9.17) is 14.2 Å². The Bertz CT molecular complexity index is 758. The highest BCUT2D eigenvalue weighted by Gasteiger charge is 2.17. The number of hydrogen-bond acceptors (Lipinski definition) is 4.